The second-order valence-corrected chi connectivity index (χ2v) is 7.02. The van der Waals surface area contributed by atoms with Gasteiger partial charge in [-0.3, -0.25) is 14.2 Å². The summed E-state index contributed by atoms with van der Waals surface area (Å²) >= 11 is 1.31. The van der Waals surface area contributed by atoms with Crippen molar-refractivity contribution in [2.75, 3.05) is 5.75 Å². The molecule has 0 aliphatic heterocycles. The van der Waals surface area contributed by atoms with E-state index in [1.54, 1.807) is 16.7 Å². The summed E-state index contributed by atoms with van der Waals surface area (Å²) < 4.78 is 1.57. The first-order chi connectivity index (χ1) is 10.3. The van der Waals surface area contributed by atoms with Crippen LogP contribution in [0.4, 0.5) is 0 Å². The minimum atomic E-state index is -0.395. The molecule has 5 heteroatoms. The Balaban J connectivity index is 2.43. The maximum absolute atomic E-state index is 12.6. The molecule has 2 rings (SSSR count). The molecule has 1 heterocycles. The number of para-hydroxylation sites is 1. The Hall–Kier alpha value is -1.88. The van der Waals surface area contributed by atoms with E-state index >= 15 is 0 Å². The van der Waals surface area contributed by atoms with Crippen molar-refractivity contribution >= 4 is 28.4 Å². The van der Waals surface area contributed by atoms with Gasteiger partial charge in [0.2, 0.25) is 0 Å². The second-order valence-electron chi connectivity index (χ2n) is 6.08. The van der Waals surface area contributed by atoms with Crippen LogP contribution in [0.25, 0.3) is 10.9 Å². The Morgan fingerprint density at radius 3 is 2.68 bits per heavy atom. The zero-order chi connectivity index (χ0) is 16.3. The second kappa shape index (κ2) is 6.48. The highest BCUT2D eigenvalue weighted by Crippen LogP contribution is 2.23. The summed E-state index contributed by atoms with van der Waals surface area (Å²) in [5, 5.41) is 1.14. The van der Waals surface area contributed by atoms with Gasteiger partial charge >= 0.3 is 0 Å². The molecule has 0 unspecified atom stereocenters. The van der Waals surface area contributed by atoms with E-state index in [1.807, 2.05) is 39.0 Å². The van der Waals surface area contributed by atoms with Crippen LogP contribution in [0.2, 0.25) is 0 Å². The molecule has 0 atom stereocenters. The van der Waals surface area contributed by atoms with Crippen molar-refractivity contribution in [3.63, 3.8) is 0 Å². The topological polar surface area (TPSA) is 52.0 Å². The molecule has 1 aromatic carbocycles. The van der Waals surface area contributed by atoms with Crippen molar-refractivity contribution in [1.82, 2.24) is 9.55 Å². The fraction of sp³-hybridized carbons (Fsp3) is 0.353. The van der Waals surface area contributed by atoms with Gasteiger partial charge in [-0.05, 0) is 12.1 Å². The summed E-state index contributed by atoms with van der Waals surface area (Å²) in [5.41, 5.74) is 0.155. The standard InChI is InChI=1S/C17H20N2O2S/c1-5-10-19-15(21)12-8-6-7-9-13(12)18-16(19)22-11-14(20)17(2,3)4/h5-9H,1,10-11H2,2-4H3. The van der Waals surface area contributed by atoms with Crippen LogP contribution in [0.5, 0.6) is 0 Å². The molecule has 1 aromatic heterocycles. The molecule has 0 N–H and O–H groups in total. The minimum absolute atomic E-state index is 0.101. The third-order valence-electron chi connectivity index (χ3n) is 3.31. The Labute approximate surface area is 134 Å². The summed E-state index contributed by atoms with van der Waals surface area (Å²) in [6.45, 7) is 9.73. The molecule has 4 nitrogen and oxygen atoms in total. The number of hydrogen-bond acceptors (Lipinski definition) is 4. The van der Waals surface area contributed by atoms with Crippen LogP contribution in [-0.2, 0) is 11.3 Å². The lowest BCUT2D eigenvalue weighted by atomic mass is 9.92. The van der Waals surface area contributed by atoms with Gasteiger partial charge in [0.05, 0.1) is 16.7 Å². The molecule has 0 saturated carbocycles. The molecule has 116 valence electrons. The number of thioether (sulfide) groups is 1. The predicted octanol–water partition coefficient (Wildman–Crippen LogP) is 3.29. The van der Waals surface area contributed by atoms with Gasteiger partial charge in [-0.1, -0.05) is 50.7 Å². The van der Waals surface area contributed by atoms with Crippen LogP contribution in [-0.4, -0.2) is 21.1 Å². The zero-order valence-electron chi connectivity index (χ0n) is 13.1. The summed E-state index contributed by atoms with van der Waals surface area (Å²) in [6, 6.07) is 7.24. The lowest BCUT2D eigenvalue weighted by molar-refractivity contribution is -0.123. The van der Waals surface area contributed by atoms with E-state index in [9.17, 15) is 9.59 Å². The number of allylic oxidation sites excluding steroid dienone is 1. The average Bonchev–Trinajstić information content (AvgIpc) is 2.47. The molecule has 0 bridgehead atoms. The van der Waals surface area contributed by atoms with E-state index in [0.717, 1.165) is 0 Å². The number of carbonyl (C=O) groups is 1. The first kappa shape index (κ1) is 16.5. The smallest absolute Gasteiger partial charge is 0.262 e. The third-order valence-corrected chi connectivity index (χ3v) is 4.28. The maximum atomic E-state index is 12.6. The molecule has 0 saturated heterocycles. The van der Waals surface area contributed by atoms with Crippen LogP contribution in [0.1, 0.15) is 20.8 Å². The third kappa shape index (κ3) is 3.47. The highest BCUT2D eigenvalue weighted by Gasteiger charge is 2.22. The van der Waals surface area contributed by atoms with Crippen molar-refractivity contribution in [3.05, 3.63) is 47.3 Å². The molecule has 0 fully saturated rings. The van der Waals surface area contributed by atoms with Gasteiger partial charge in [0.1, 0.15) is 5.78 Å². The molecule has 0 aliphatic rings. The average molecular weight is 316 g/mol. The van der Waals surface area contributed by atoms with Crippen molar-refractivity contribution in [3.8, 4) is 0 Å². The highest BCUT2D eigenvalue weighted by atomic mass is 32.2. The number of benzene rings is 1. The number of carbonyl (C=O) groups excluding carboxylic acids is 1. The van der Waals surface area contributed by atoms with Crippen molar-refractivity contribution in [2.24, 2.45) is 5.41 Å². The van der Waals surface area contributed by atoms with Gasteiger partial charge in [0.25, 0.3) is 5.56 Å². The molecular weight excluding hydrogens is 296 g/mol. The van der Waals surface area contributed by atoms with Crippen LogP contribution < -0.4 is 5.56 Å². The van der Waals surface area contributed by atoms with Gasteiger partial charge in [0.15, 0.2) is 5.16 Å². The summed E-state index contributed by atoms with van der Waals surface area (Å²) in [7, 11) is 0. The number of fused-ring (bicyclic) bond motifs is 1. The van der Waals surface area contributed by atoms with Crippen molar-refractivity contribution in [1.29, 1.82) is 0 Å². The van der Waals surface area contributed by atoms with E-state index < -0.39 is 5.41 Å². The van der Waals surface area contributed by atoms with Gasteiger partial charge in [-0.15, -0.1) is 6.58 Å². The summed E-state index contributed by atoms with van der Waals surface area (Å²) in [4.78, 5) is 29.2. The number of Topliss-reactive ketones (excluding diaryl/α,β-unsaturated/α-hetero) is 1. The SMILES string of the molecule is C=CCn1c(SCC(=O)C(C)(C)C)nc2ccccc2c1=O. The fourth-order valence-electron chi connectivity index (χ4n) is 1.89. The van der Waals surface area contributed by atoms with Crippen LogP contribution >= 0.6 is 11.8 Å². The normalized spacial score (nSPS) is 11.6. The van der Waals surface area contributed by atoms with Crippen LogP contribution in [0, 0.1) is 5.41 Å². The molecule has 2 aromatic rings. The van der Waals surface area contributed by atoms with Crippen LogP contribution in [0.3, 0.4) is 0 Å². The van der Waals surface area contributed by atoms with E-state index in [0.29, 0.717) is 28.4 Å². The lowest BCUT2D eigenvalue weighted by Crippen LogP contribution is -2.25. The summed E-state index contributed by atoms with van der Waals surface area (Å²) in [6.07, 6.45) is 1.66. The molecule has 0 radical (unpaired) electrons. The monoisotopic (exact) mass is 316 g/mol. The number of nitrogens with zero attached hydrogens (tertiary/aromatic N) is 2. The molecule has 0 amide bonds. The number of rotatable bonds is 5. The number of aromatic nitrogens is 2. The number of ketones is 1. The Morgan fingerprint density at radius 1 is 1.36 bits per heavy atom. The molecule has 22 heavy (non-hydrogen) atoms. The van der Waals surface area contributed by atoms with Crippen molar-refractivity contribution < 1.29 is 4.79 Å². The van der Waals surface area contributed by atoms with Gasteiger partial charge < -0.3 is 0 Å². The molecule has 0 aliphatic carbocycles. The Morgan fingerprint density at radius 2 is 2.05 bits per heavy atom. The maximum Gasteiger partial charge on any atom is 0.262 e. The van der Waals surface area contributed by atoms with Crippen molar-refractivity contribution in [2.45, 2.75) is 32.5 Å². The van der Waals surface area contributed by atoms with E-state index in [-0.39, 0.29) is 11.3 Å². The number of hydrogen-bond donors (Lipinski definition) is 0. The Bertz CT molecular complexity index is 772. The quantitative estimate of drug-likeness (QED) is 0.482. The highest BCUT2D eigenvalue weighted by molar-refractivity contribution is 7.99. The first-order valence-corrected chi connectivity index (χ1v) is 8.09. The van der Waals surface area contributed by atoms with Gasteiger partial charge in [0, 0.05) is 12.0 Å². The fourth-order valence-corrected chi connectivity index (χ4v) is 3.06. The van der Waals surface area contributed by atoms with E-state index in [2.05, 4.69) is 11.6 Å². The molecule has 0 spiro atoms. The van der Waals surface area contributed by atoms with Crippen LogP contribution in [0.15, 0.2) is 46.9 Å². The largest absolute Gasteiger partial charge is 0.298 e. The van der Waals surface area contributed by atoms with Gasteiger partial charge in [-0.2, -0.15) is 0 Å². The lowest BCUT2D eigenvalue weighted by Gasteiger charge is -2.17. The minimum Gasteiger partial charge on any atom is -0.298 e. The Kier molecular flexibility index (Phi) is 4.86. The zero-order valence-corrected chi connectivity index (χ0v) is 13.9. The molecular formula is C17H20N2O2S. The van der Waals surface area contributed by atoms with E-state index in [4.69, 9.17) is 0 Å². The van der Waals surface area contributed by atoms with Gasteiger partial charge in [-0.25, -0.2) is 4.98 Å². The first-order valence-electron chi connectivity index (χ1n) is 7.11. The van der Waals surface area contributed by atoms with E-state index in [1.165, 1.54) is 11.8 Å². The predicted molar refractivity (Wildman–Crippen MR) is 91.4 cm³/mol. The summed E-state index contributed by atoms with van der Waals surface area (Å²) in [5.74, 6) is 0.427.